The Labute approximate surface area is 102 Å². The quantitative estimate of drug-likeness (QED) is 0.789. The summed E-state index contributed by atoms with van der Waals surface area (Å²) in [4.78, 5) is 2.29. The van der Waals surface area contributed by atoms with Crippen LogP contribution in [0.3, 0.4) is 0 Å². The molecule has 0 N–H and O–H groups in total. The van der Waals surface area contributed by atoms with E-state index in [0.29, 0.717) is 6.04 Å². The average Bonchev–Trinajstić information content (AvgIpc) is 2.68. The molecule has 0 saturated carbocycles. The Morgan fingerprint density at radius 2 is 2.00 bits per heavy atom. The van der Waals surface area contributed by atoms with E-state index >= 15 is 0 Å². The van der Waals surface area contributed by atoms with E-state index in [4.69, 9.17) is 0 Å². The Balaban J connectivity index is 2.16. The molecule has 0 aliphatic rings. The highest BCUT2D eigenvalue weighted by Gasteiger charge is 2.07. The van der Waals surface area contributed by atoms with Gasteiger partial charge >= 0.3 is 0 Å². The van der Waals surface area contributed by atoms with Crippen LogP contribution < -0.4 is 0 Å². The molecule has 2 aromatic rings. The minimum atomic E-state index is -0.172. The molecule has 2 aromatic heterocycles. The van der Waals surface area contributed by atoms with Gasteiger partial charge in [-0.15, -0.1) is 0 Å². The van der Waals surface area contributed by atoms with Crippen LogP contribution in [-0.2, 0) is 6.42 Å². The van der Waals surface area contributed by atoms with E-state index in [2.05, 4.69) is 31.9 Å². The lowest BCUT2D eigenvalue weighted by Crippen LogP contribution is -2.28. The predicted octanol–water partition coefficient (Wildman–Crippen LogP) is 2.96. The van der Waals surface area contributed by atoms with E-state index in [1.807, 2.05) is 10.6 Å². The van der Waals surface area contributed by atoms with Gasteiger partial charge < -0.3 is 9.30 Å². The molecule has 0 aliphatic heterocycles. The van der Waals surface area contributed by atoms with Gasteiger partial charge in [-0.3, -0.25) is 0 Å². The maximum atomic E-state index is 13.2. The molecule has 0 atom stereocenters. The molecule has 0 unspecified atom stereocenters. The van der Waals surface area contributed by atoms with Gasteiger partial charge in [-0.25, -0.2) is 4.39 Å². The second-order valence-electron chi connectivity index (χ2n) is 4.80. The van der Waals surface area contributed by atoms with Crippen LogP contribution in [0.4, 0.5) is 4.39 Å². The number of aromatic nitrogens is 1. The normalized spacial score (nSPS) is 11.9. The minimum Gasteiger partial charge on any atom is -0.323 e. The van der Waals surface area contributed by atoms with E-state index in [-0.39, 0.29) is 5.82 Å². The highest BCUT2D eigenvalue weighted by molar-refractivity contribution is 5.55. The molecule has 2 heterocycles. The Hall–Kier alpha value is -1.35. The first kappa shape index (κ1) is 12.1. The third kappa shape index (κ3) is 2.67. The van der Waals surface area contributed by atoms with Crippen LogP contribution in [0.1, 0.15) is 19.4 Å². The Kier molecular flexibility index (Phi) is 3.48. The molecule has 0 bridgehead atoms. The number of hydrogen-bond acceptors (Lipinski definition) is 1. The van der Waals surface area contributed by atoms with Crippen LogP contribution in [-0.4, -0.2) is 28.9 Å². The Bertz CT molecular complexity index is 502. The lowest BCUT2D eigenvalue weighted by Gasteiger charge is -2.20. The molecular weight excluding hydrogens is 215 g/mol. The SMILES string of the molecule is CC(C)N(C)CCc1ccn2ccc(F)cc12. The summed E-state index contributed by atoms with van der Waals surface area (Å²) in [6.07, 6.45) is 4.70. The van der Waals surface area contributed by atoms with Gasteiger partial charge in [0.1, 0.15) is 5.82 Å². The number of nitrogens with zero attached hydrogens (tertiary/aromatic N) is 2. The number of likely N-dealkylation sites (N-methyl/N-ethyl adjacent to an activating group) is 1. The van der Waals surface area contributed by atoms with Crippen LogP contribution in [0.15, 0.2) is 30.6 Å². The van der Waals surface area contributed by atoms with Crippen molar-refractivity contribution in [3.8, 4) is 0 Å². The maximum absolute atomic E-state index is 13.2. The maximum Gasteiger partial charge on any atom is 0.126 e. The van der Waals surface area contributed by atoms with Crippen LogP contribution in [0.5, 0.6) is 0 Å². The number of pyridine rings is 1. The summed E-state index contributed by atoms with van der Waals surface area (Å²) < 4.78 is 15.2. The smallest absolute Gasteiger partial charge is 0.126 e. The van der Waals surface area contributed by atoms with Crippen molar-refractivity contribution in [3.05, 3.63) is 42.0 Å². The fraction of sp³-hybridized carbons (Fsp3) is 0.429. The van der Waals surface area contributed by atoms with E-state index in [9.17, 15) is 4.39 Å². The highest BCUT2D eigenvalue weighted by atomic mass is 19.1. The molecule has 0 fully saturated rings. The number of halogens is 1. The summed E-state index contributed by atoms with van der Waals surface area (Å²) in [5.41, 5.74) is 2.18. The number of hydrogen-bond donors (Lipinski definition) is 0. The molecule has 0 aromatic carbocycles. The average molecular weight is 234 g/mol. The van der Waals surface area contributed by atoms with Gasteiger partial charge in [0.05, 0.1) is 5.52 Å². The molecular formula is C14H19FN2. The van der Waals surface area contributed by atoms with Gasteiger partial charge in [-0.05, 0) is 51.1 Å². The standard InChI is InChI=1S/C14H19FN2/c1-11(2)16(3)7-4-12-5-8-17-9-6-13(15)10-14(12)17/h5-6,8-11H,4,7H2,1-3H3. The van der Waals surface area contributed by atoms with Gasteiger partial charge in [0.2, 0.25) is 0 Å². The van der Waals surface area contributed by atoms with Gasteiger partial charge in [0, 0.05) is 25.0 Å². The molecule has 0 saturated heterocycles. The van der Waals surface area contributed by atoms with Crippen molar-refractivity contribution in [3.63, 3.8) is 0 Å². The summed E-state index contributed by atoms with van der Waals surface area (Å²) in [5, 5.41) is 0. The minimum absolute atomic E-state index is 0.172. The first-order valence-electron chi connectivity index (χ1n) is 6.03. The monoisotopic (exact) mass is 234 g/mol. The molecule has 0 aliphatic carbocycles. The third-order valence-electron chi connectivity index (χ3n) is 3.33. The van der Waals surface area contributed by atoms with Crippen LogP contribution in [0, 0.1) is 5.82 Å². The second kappa shape index (κ2) is 4.88. The zero-order valence-corrected chi connectivity index (χ0v) is 10.7. The zero-order chi connectivity index (χ0) is 12.4. The van der Waals surface area contributed by atoms with E-state index in [1.165, 1.54) is 11.6 Å². The van der Waals surface area contributed by atoms with Crippen molar-refractivity contribution in [2.45, 2.75) is 26.3 Å². The van der Waals surface area contributed by atoms with Gasteiger partial charge in [-0.1, -0.05) is 0 Å². The molecule has 17 heavy (non-hydrogen) atoms. The van der Waals surface area contributed by atoms with Crippen LogP contribution in [0.25, 0.3) is 5.52 Å². The highest BCUT2D eigenvalue weighted by Crippen LogP contribution is 2.15. The number of rotatable bonds is 4. The van der Waals surface area contributed by atoms with Crippen molar-refractivity contribution in [1.29, 1.82) is 0 Å². The van der Waals surface area contributed by atoms with Gasteiger partial charge in [0.25, 0.3) is 0 Å². The fourth-order valence-electron chi connectivity index (χ4n) is 1.90. The third-order valence-corrected chi connectivity index (χ3v) is 3.33. The second-order valence-corrected chi connectivity index (χ2v) is 4.80. The topological polar surface area (TPSA) is 7.65 Å². The molecule has 0 spiro atoms. The van der Waals surface area contributed by atoms with E-state index < -0.39 is 0 Å². The molecule has 3 heteroatoms. The summed E-state index contributed by atoms with van der Waals surface area (Å²) >= 11 is 0. The zero-order valence-electron chi connectivity index (χ0n) is 10.7. The van der Waals surface area contributed by atoms with Crippen molar-refractivity contribution < 1.29 is 4.39 Å². The molecule has 2 nitrogen and oxygen atoms in total. The van der Waals surface area contributed by atoms with Crippen LogP contribution in [0.2, 0.25) is 0 Å². The molecule has 2 rings (SSSR count). The van der Waals surface area contributed by atoms with E-state index in [0.717, 1.165) is 18.5 Å². The fourth-order valence-corrected chi connectivity index (χ4v) is 1.90. The lowest BCUT2D eigenvalue weighted by molar-refractivity contribution is 0.278. The van der Waals surface area contributed by atoms with E-state index in [1.54, 1.807) is 12.3 Å². The largest absolute Gasteiger partial charge is 0.323 e. The Morgan fingerprint density at radius 1 is 1.29 bits per heavy atom. The molecule has 92 valence electrons. The Morgan fingerprint density at radius 3 is 2.71 bits per heavy atom. The van der Waals surface area contributed by atoms with Gasteiger partial charge in [0.15, 0.2) is 0 Å². The number of fused-ring (bicyclic) bond motifs is 1. The lowest BCUT2D eigenvalue weighted by atomic mass is 10.2. The molecule has 0 amide bonds. The van der Waals surface area contributed by atoms with Crippen molar-refractivity contribution in [1.82, 2.24) is 9.30 Å². The summed E-state index contributed by atoms with van der Waals surface area (Å²) in [6, 6.07) is 5.70. The van der Waals surface area contributed by atoms with Crippen molar-refractivity contribution in [2.24, 2.45) is 0 Å². The predicted molar refractivity (Wildman–Crippen MR) is 68.8 cm³/mol. The van der Waals surface area contributed by atoms with Crippen LogP contribution >= 0.6 is 0 Å². The summed E-state index contributed by atoms with van der Waals surface area (Å²) in [6.45, 7) is 5.35. The summed E-state index contributed by atoms with van der Waals surface area (Å²) in [5.74, 6) is -0.172. The summed E-state index contributed by atoms with van der Waals surface area (Å²) in [7, 11) is 2.11. The van der Waals surface area contributed by atoms with Crippen molar-refractivity contribution in [2.75, 3.05) is 13.6 Å². The van der Waals surface area contributed by atoms with Gasteiger partial charge in [-0.2, -0.15) is 0 Å². The first-order chi connectivity index (χ1) is 8.08. The van der Waals surface area contributed by atoms with Crippen molar-refractivity contribution >= 4 is 5.52 Å². The molecule has 0 radical (unpaired) electrons. The first-order valence-corrected chi connectivity index (χ1v) is 6.03.